The third-order valence-corrected chi connectivity index (χ3v) is 3.41. The minimum atomic E-state index is 0.0308. The normalized spacial score (nSPS) is 10.9. The van der Waals surface area contributed by atoms with Crippen molar-refractivity contribution in [2.75, 3.05) is 20.3 Å². The SMILES string of the molecule is COCCCCNC(=O)Cc1c[nH]c2ccc(Cl)cc12. The molecule has 0 unspecified atom stereocenters. The number of carbonyl (C=O) groups excluding carboxylic acids is 1. The van der Waals surface area contributed by atoms with Crippen molar-refractivity contribution < 1.29 is 9.53 Å². The van der Waals surface area contributed by atoms with Crippen molar-refractivity contribution in [3.05, 3.63) is 35.0 Å². The van der Waals surface area contributed by atoms with Crippen LogP contribution in [0.5, 0.6) is 0 Å². The van der Waals surface area contributed by atoms with E-state index in [1.54, 1.807) is 7.11 Å². The molecule has 108 valence electrons. The molecule has 2 N–H and O–H groups in total. The summed E-state index contributed by atoms with van der Waals surface area (Å²) in [7, 11) is 1.68. The van der Waals surface area contributed by atoms with Crippen LogP contribution in [0.25, 0.3) is 10.9 Å². The number of fused-ring (bicyclic) bond motifs is 1. The summed E-state index contributed by atoms with van der Waals surface area (Å²) in [6, 6.07) is 5.64. The van der Waals surface area contributed by atoms with E-state index in [0.717, 1.165) is 35.9 Å². The Morgan fingerprint density at radius 3 is 3.05 bits per heavy atom. The summed E-state index contributed by atoms with van der Waals surface area (Å²) in [5, 5.41) is 4.60. The number of halogens is 1. The summed E-state index contributed by atoms with van der Waals surface area (Å²) in [5.74, 6) is 0.0308. The van der Waals surface area contributed by atoms with E-state index in [9.17, 15) is 4.79 Å². The van der Waals surface area contributed by atoms with Crippen molar-refractivity contribution in [1.82, 2.24) is 10.3 Å². The van der Waals surface area contributed by atoms with Crippen molar-refractivity contribution in [3.63, 3.8) is 0 Å². The summed E-state index contributed by atoms with van der Waals surface area (Å²) in [4.78, 5) is 15.0. The van der Waals surface area contributed by atoms with E-state index >= 15 is 0 Å². The molecule has 2 aromatic rings. The molecule has 0 aliphatic heterocycles. The number of amides is 1. The summed E-state index contributed by atoms with van der Waals surface area (Å²) in [6.07, 6.45) is 4.12. The molecular formula is C15H19ClN2O2. The van der Waals surface area contributed by atoms with Gasteiger partial charge in [0.15, 0.2) is 0 Å². The number of aromatic amines is 1. The molecule has 1 aromatic heterocycles. The van der Waals surface area contributed by atoms with Gasteiger partial charge in [-0.05, 0) is 36.6 Å². The van der Waals surface area contributed by atoms with Crippen molar-refractivity contribution in [1.29, 1.82) is 0 Å². The third-order valence-electron chi connectivity index (χ3n) is 3.18. The fourth-order valence-electron chi connectivity index (χ4n) is 2.13. The Hall–Kier alpha value is -1.52. The Bertz CT molecular complexity index is 580. The van der Waals surface area contributed by atoms with Gasteiger partial charge in [0, 0.05) is 42.4 Å². The number of H-pyrrole nitrogens is 1. The van der Waals surface area contributed by atoms with Gasteiger partial charge in [-0.3, -0.25) is 4.79 Å². The molecule has 1 heterocycles. The first-order valence-corrected chi connectivity index (χ1v) is 7.09. The maximum Gasteiger partial charge on any atom is 0.224 e. The second-order valence-corrected chi connectivity index (χ2v) is 5.17. The second kappa shape index (κ2) is 7.31. The van der Waals surface area contributed by atoms with Crippen LogP contribution in [0.4, 0.5) is 0 Å². The second-order valence-electron chi connectivity index (χ2n) is 4.73. The molecule has 1 amide bonds. The van der Waals surface area contributed by atoms with Crippen molar-refractivity contribution in [2.45, 2.75) is 19.3 Å². The summed E-state index contributed by atoms with van der Waals surface area (Å²) in [5.41, 5.74) is 1.97. The number of benzene rings is 1. The smallest absolute Gasteiger partial charge is 0.224 e. The highest BCUT2D eigenvalue weighted by molar-refractivity contribution is 6.31. The van der Waals surface area contributed by atoms with E-state index in [1.165, 1.54) is 0 Å². The fourth-order valence-corrected chi connectivity index (χ4v) is 2.30. The molecule has 0 saturated carbocycles. The van der Waals surface area contributed by atoms with Crippen LogP contribution < -0.4 is 5.32 Å². The number of rotatable bonds is 7. The molecule has 2 rings (SSSR count). The van der Waals surface area contributed by atoms with Crippen LogP contribution in [0.2, 0.25) is 5.02 Å². The number of hydrogen-bond donors (Lipinski definition) is 2. The lowest BCUT2D eigenvalue weighted by molar-refractivity contribution is -0.120. The first-order valence-electron chi connectivity index (χ1n) is 6.72. The average Bonchev–Trinajstić information content (AvgIpc) is 2.81. The average molecular weight is 295 g/mol. The predicted molar refractivity (Wildman–Crippen MR) is 81.1 cm³/mol. The van der Waals surface area contributed by atoms with E-state index < -0.39 is 0 Å². The number of carbonyl (C=O) groups is 1. The third kappa shape index (κ3) is 3.99. The molecule has 0 atom stereocenters. The molecule has 0 fully saturated rings. The van der Waals surface area contributed by atoms with Crippen molar-refractivity contribution in [2.24, 2.45) is 0 Å². The maximum atomic E-state index is 11.9. The molecule has 0 aliphatic rings. The van der Waals surface area contributed by atoms with Crippen LogP contribution >= 0.6 is 11.6 Å². The molecule has 4 nitrogen and oxygen atoms in total. The van der Waals surface area contributed by atoms with Gasteiger partial charge in [-0.2, -0.15) is 0 Å². The van der Waals surface area contributed by atoms with Gasteiger partial charge >= 0.3 is 0 Å². The van der Waals surface area contributed by atoms with Crippen LogP contribution in [0.15, 0.2) is 24.4 Å². The van der Waals surface area contributed by atoms with Gasteiger partial charge in [0.05, 0.1) is 6.42 Å². The monoisotopic (exact) mass is 294 g/mol. The van der Waals surface area contributed by atoms with Gasteiger partial charge < -0.3 is 15.0 Å². The molecule has 5 heteroatoms. The topological polar surface area (TPSA) is 54.1 Å². The van der Waals surface area contributed by atoms with Crippen LogP contribution in [0.1, 0.15) is 18.4 Å². The Labute approximate surface area is 123 Å². The minimum Gasteiger partial charge on any atom is -0.385 e. The molecule has 20 heavy (non-hydrogen) atoms. The molecule has 0 aliphatic carbocycles. The molecular weight excluding hydrogens is 276 g/mol. The van der Waals surface area contributed by atoms with E-state index in [1.807, 2.05) is 24.4 Å². The molecule has 0 bridgehead atoms. The predicted octanol–water partition coefficient (Wildman–Crippen LogP) is 2.91. The maximum absolute atomic E-state index is 11.9. The standard InChI is InChI=1S/C15H19ClN2O2/c1-20-7-3-2-6-17-15(19)8-11-10-18-14-5-4-12(16)9-13(11)14/h4-5,9-10,18H,2-3,6-8H2,1H3,(H,17,19). The van der Waals surface area contributed by atoms with Crippen LogP contribution in [-0.2, 0) is 16.0 Å². The highest BCUT2D eigenvalue weighted by Crippen LogP contribution is 2.22. The molecule has 0 saturated heterocycles. The summed E-state index contributed by atoms with van der Waals surface area (Å²) >= 11 is 5.99. The quantitative estimate of drug-likeness (QED) is 0.772. The van der Waals surface area contributed by atoms with Gasteiger partial charge in [0.1, 0.15) is 0 Å². The largest absolute Gasteiger partial charge is 0.385 e. The molecule has 1 aromatic carbocycles. The van der Waals surface area contributed by atoms with E-state index in [-0.39, 0.29) is 5.91 Å². The van der Waals surface area contributed by atoms with Crippen molar-refractivity contribution >= 4 is 28.4 Å². The zero-order valence-corrected chi connectivity index (χ0v) is 12.3. The van der Waals surface area contributed by atoms with E-state index in [0.29, 0.717) is 18.0 Å². The lowest BCUT2D eigenvalue weighted by Gasteiger charge is -2.04. The lowest BCUT2D eigenvalue weighted by Crippen LogP contribution is -2.26. The Morgan fingerprint density at radius 2 is 2.25 bits per heavy atom. The number of nitrogens with one attached hydrogen (secondary N) is 2. The van der Waals surface area contributed by atoms with E-state index in [4.69, 9.17) is 16.3 Å². The highest BCUT2D eigenvalue weighted by Gasteiger charge is 2.08. The number of methoxy groups -OCH3 is 1. The fraction of sp³-hybridized carbons (Fsp3) is 0.400. The van der Waals surface area contributed by atoms with Gasteiger partial charge in [-0.1, -0.05) is 11.6 Å². The zero-order chi connectivity index (χ0) is 14.4. The minimum absolute atomic E-state index is 0.0308. The number of ether oxygens (including phenoxy) is 1. The first-order chi connectivity index (χ1) is 9.70. The van der Waals surface area contributed by atoms with Gasteiger partial charge in [-0.25, -0.2) is 0 Å². The Kier molecular flexibility index (Phi) is 5.44. The van der Waals surface area contributed by atoms with Gasteiger partial charge in [0.25, 0.3) is 0 Å². The molecule has 0 radical (unpaired) electrons. The zero-order valence-electron chi connectivity index (χ0n) is 11.5. The van der Waals surface area contributed by atoms with Gasteiger partial charge in [0.2, 0.25) is 5.91 Å². The van der Waals surface area contributed by atoms with Crippen LogP contribution in [0.3, 0.4) is 0 Å². The summed E-state index contributed by atoms with van der Waals surface area (Å²) < 4.78 is 4.96. The number of unbranched alkanes of at least 4 members (excludes halogenated alkanes) is 1. The Balaban J connectivity index is 1.88. The van der Waals surface area contributed by atoms with Gasteiger partial charge in [-0.15, -0.1) is 0 Å². The molecule has 0 spiro atoms. The number of hydrogen-bond acceptors (Lipinski definition) is 2. The van der Waals surface area contributed by atoms with Crippen LogP contribution in [0, 0.1) is 0 Å². The highest BCUT2D eigenvalue weighted by atomic mass is 35.5. The first kappa shape index (κ1) is 14.9. The van der Waals surface area contributed by atoms with Crippen LogP contribution in [-0.4, -0.2) is 31.2 Å². The number of aromatic nitrogens is 1. The summed E-state index contributed by atoms with van der Waals surface area (Å²) in [6.45, 7) is 1.42. The Morgan fingerprint density at radius 1 is 1.40 bits per heavy atom. The van der Waals surface area contributed by atoms with Crippen molar-refractivity contribution in [3.8, 4) is 0 Å². The lowest BCUT2D eigenvalue weighted by atomic mass is 10.1. The van der Waals surface area contributed by atoms with E-state index in [2.05, 4.69) is 10.3 Å².